The molecule has 1 aliphatic heterocycles. The second-order valence-corrected chi connectivity index (χ2v) is 14.7. The molecule has 1 N–H and O–H groups in total. The molecule has 1 amide bonds. The van der Waals surface area contributed by atoms with Gasteiger partial charge in [-0.3, -0.25) is 14.4 Å². The van der Waals surface area contributed by atoms with Crippen molar-refractivity contribution in [1.29, 1.82) is 0 Å². The molecule has 6 nitrogen and oxygen atoms in total. The van der Waals surface area contributed by atoms with Crippen LogP contribution in [0.4, 0.5) is 0 Å². The first kappa shape index (κ1) is 24.3. The summed E-state index contributed by atoms with van der Waals surface area (Å²) in [7, 11) is -2.13. The first-order valence-corrected chi connectivity index (χ1v) is 13.3. The van der Waals surface area contributed by atoms with Crippen LogP contribution >= 0.6 is 0 Å². The number of esters is 1. The van der Waals surface area contributed by atoms with E-state index in [9.17, 15) is 14.4 Å². The van der Waals surface area contributed by atoms with Crippen LogP contribution < -0.4 is 5.32 Å². The van der Waals surface area contributed by atoms with Gasteiger partial charge in [0, 0.05) is 0 Å². The average molecular weight is 434 g/mol. The maximum Gasteiger partial charge on any atom is 0.321 e. The van der Waals surface area contributed by atoms with E-state index in [2.05, 4.69) is 39.2 Å². The number of rotatable bonds is 8. The lowest BCUT2D eigenvalue weighted by Gasteiger charge is -2.49. The Kier molecular flexibility index (Phi) is 6.98. The second kappa shape index (κ2) is 8.63. The van der Waals surface area contributed by atoms with Crippen LogP contribution in [0.5, 0.6) is 0 Å². The number of hydrogen-bond donors (Lipinski definition) is 1. The Balaban J connectivity index is 2.20. The fourth-order valence-corrected chi connectivity index (χ4v) is 4.89. The van der Waals surface area contributed by atoms with Crippen molar-refractivity contribution in [1.82, 2.24) is 5.32 Å². The molecule has 1 aromatic carbocycles. The van der Waals surface area contributed by atoms with Gasteiger partial charge in [-0.1, -0.05) is 51.1 Å². The molecule has 4 atom stereocenters. The Morgan fingerprint density at radius 3 is 2.17 bits per heavy atom. The highest BCUT2D eigenvalue weighted by Gasteiger charge is 2.60. The number of nitrogens with one attached hydrogen (secondary N) is 1. The largest absolute Gasteiger partial charge is 0.460 e. The molecule has 2 rings (SSSR count). The molecule has 1 saturated heterocycles. The number of ketones is 1. The zero-order chi connectivity index (χ0) is 22.9. The van der Waals surface area contributed by atoms with Crippen LogP contribution in [0.2, 0.25) is 18.1 Å². The van der Waals surface area contributed by atoms with E-state index in [4.69, 9.17) is 9.16 Å². The lowest BCUT2D eigenvalue weighted by atomic mass is 9.67. The Morgan fingerprint density at radius 2 is 1.70 bits per heavy atom. The van der Waals surface area contributed by atoms with Gasteiger partial charge in [-0.15, -0.1) is 0 Å². The van der Waals surface area contributed by atoms with E-state index in [1.165, 1.54) is 6.92 Å². The summed E-state index contributed by atoms with van der Waals surface area (Å²) in [5, 5.41) is 2.76. The number of Topliss-reactive ketones (excluding diaryl/α,β-unsaturated/α-hetero) is 1. The quantitative estimate of drug-likeness (QED) is 0.291. The molecule has 7 heteroatoms. The highest BCUT2D eigenvalue weighted by atomic mass is 28.4. The van der Waals surface area contributed by atoms with Crippen LogP contribution in [0, 0.1) is 11.3 Å². The van der Waals surface area contributed by atoms with Crippen molar-refractivity contribution >= 4 is 26.0 Å². The Hall–Kier alpha value is -1.99. The van der Waals surface area contributed by atoms with Crippen LogP contribution in [0.15, 0.2) is 30.3 Å². The molecule has 30 heavy (non-hydrogen) atoms. The van der Waals surface area contributed by atoms with Gasteiger partial charge >= 0.3 is 5.97 Å². The summed E-state index contributed by atoms with van der Waals surface area (Å²) in [5.74, 6) is -1.75. The van der Waals surface area contributed by atoms with Crippen molar-refractivity contribution in [2.75, 3.05) is 0 Å². The van der Waals surface area contributed by atoms with Gasteiger partial charge in [-0.25, -0.2) is 0 Å². The van der Waals surface area contributed by atoms with E-state index < -0.39 is 37.8 Å². The van der Waals surface area contributed by atoms with Crippen LogP contribution in [-0.2, 0) is 30.2 Å². The van der Waals surface area contributed by atoms with Gasteiger partial charge in [0.05, 0.1) is 18.1 Å². The number of hydrogen-bond acceptors (Lipinski definition) is 5. The SMILES string of the molecule is CC(=O)C(C)(C(=O)OCc1ccccc1)[C@H]1NC(=O)[C@@H]1[C@@H](C)O[Si](C)(C)C(C)(C)C. The number of carbonyl (C=O) groups excluding carboxylic acids is 3. The van der Waals surface area contributed by atoms with E-state index in [1.807, 2.05) is 37.3 Å². The maximum absolute atomic E-state index is 13.0. The van der Waals surface area contributed by atoms with Crippen molar-refractivity contribution in [2.45, 2.75) is 78.4 Å². The smallest absolute Gasteiger partial charge is 0.321 e. The predicted octanol–water partition coefficient (Wildman–Crippen LogP) is 3.85. The van der Waals surface area contributed by atoms with Crippen molar-refractivity contribution in [3.05, 3.63) is 35.9 Å². The van der Waals surface area contributed by atoms with Crippen LogP contribution in [0.25, 0.3) is 0 Å². The average Bonchev–Trinajstić information content (AvgIpc) is 2.62. The first-order valence-electron chi connectivity index (χ1n) is 10.4. The van der Waals surface area contributed by atoms with Gasteiger partial charge in [-0.05, 0) is 44.5 Å². The monoisotopic (exact) mass is 433 g/mol. The van der Waals surface area contributed by atoms with Crippen LogP contribution in [-0.4, -0.2) is 38.1 Å². The third-order valence-corrected chi connectivity index (χ3v) is 11.3. The highest BCUT2D eigenvalue weighted by Crippen LogP contribution is 2.42. The Morgan fingerprint density at radius 1 is 1.13 bits per heavy atom. The fourth-order valence-electron chi connectivity index (χ4n) is 3.46. The minimum absolute atomic E-state index is 0.0184. The van der Waals surface area contributed by atoms with E-state index in [0.29, 0.717) is 0 Å². The molecule has 0 aromatic heterocycles. The van der Waals surface area contributed by atoms with Crippen molar-refractivity contribution in [3.63, 3.8) is 0 Å². The molecule has 0 radical (unpaired) electrons. The van der Waals surface area contributed by atoms with Crippen molar-refractivity contribution < 1.29 is 23.5 Å². The lowest BCUT2D eigenvalue weighted by Crippen LogP contribution is -2.72. The second-order valence-electron chi connectivity index (χ2n) is 9.92. The highest BCUT2D eigenvalue weighted by molar-refractivity contribution is 6.74. The minimum atomic E-state index is -2.13. The summed E-state index contributed by atoms with van der Waals surface area (Å²) in [6, 6.07) is 8.63. The molecular weight excluding hydrogens is 398 g/mol. The van der Waals surface area contributed by atoms with Crippen molar-refractivity contribution in [2.24, 2.45) is 11.3 Å². The first-order chi connectivity index (χ1) is 13.7. The zero-order valence-corrected chi connectivity index (χ0v) is 20.4. The molecule has 0 bridgehead atoms. The van der Waals surface area contributed by atoms with Gasteiger partial charge < -0.3 is 14.5 Å². The molecule has 0 aliphatic carbocycles. The van der Waals surface area contributed by atoms with Gasteiger partial charge in [0.25, 0.3) is 0 Å². The van der Waals surface area contributed by atoms with Gasteiger partial charge in [0.1, 0.15) is 17.8 Å². The topological polar surface area (TPSA) is 81.7 Å². The number of ether oxygens (including phenoxy) is 1. The summed E-state index contributed by atoms with van der Waals surface area (Å²) in [6.07, 6.45) is -0.412. The van der Waals surface area contributed by atoms with Gasteiger partial charge in [-0.2, -0.15) is 0 Å². The summed E-state index contributed by atoms with van der Waals surface area (Å²) in [4.78, 5) is 38.0. The van der Waals surface area contributed by atoms with E-state index >= 15 is 0 Å². The zero-order valence-electron chi connectivity index (χ0n) is 19.4. The summed E-state index contributed by atoms with van der Waals surface area (Å²) < 4.78 is 11.9. The third kappa shape index (κ3) is 4.67. The molecule has 1 heterocycles. The predicted molar refractivity (Wildman–Crippen MR) is 118 cm³/mol. The lowest BCUT2D eigenvalue weighted by molar-refractivity contribution is -0.170. The molecule has 1 fully saturated rings. The normalized spacial score (nSPS) is 22.3. The van der Waals surface area contributed by atoms with Crippen LogP contribution in [0.3, 0.4) is 0 Å². The van der Waals surface area contributed by atoms with Gasteiger partial charge in [0.2, 0.25) is 5.91 Å². The van der Waals surface area contributed by atoms with E-state index in [-0.39, 0.29) is 23.3 Å². The number of carbonyl (C=O) groups is 3. The van der Waals surface area contributed by atoms with E-state index in [0.717, 1.165) is 5.56 Å². The molecule has 0 saturated carbocycles. The molecule has 1 aliphatic rings. The number of benzene rings is 1. The van der Waals surface area contributed by atoms with Gasteiger partial charge in [0.15, 0.2) is 8.32 Å². The molecule has 1 unspecified atom stereocenters. The van der Waals surface area contributed by atoms with Crippen LogP contribution in [0.1, 0.15) is 47.1 Å². The standard InChI is InChI=1S/C23H35NO5Si/c1-15(29-30(7,8)22(3,4)5)18-19(24-20(18)26)23(6,16(2)25)21(27)28-14-17-12-10-9-11-13-17/h9-13,15,18-19H,14H2,1-8H3,(H,24,26)/t15-,18-,19+,23?/m1/s1. The summed E-state index contributed by atoms with van der Waals surface area (Å²) in [6.45, 7) is 15.5. The summed E-state index contributed by atoms with van der Waals surface area (Å²) >= 11 is 0. The third-order valence-electron chi connectivity index (χ3n) is 6.74. The minimum Gasteiger partial charge on any atom is -0.460 e. The molecule has 1 aromatic rings. The van der Waals surface area contributed by atoms with E-state index in [1.54, 1.807) is 6.92 Å². The fraction of sp³-hybridized carbons (Fsp3) is 0.609. The maximum atomic E-state index is 13.0. The Labute approximate surface area is 180 Å². The number of β-lactam (4-membered cyclic amide) rings is 1. The molecule has 166 valence electrons. The van der Waals surface area contributed by atoms with Crippen molar-refractivity contribution in [3.8, 4) is 0 Å². The summed E-state index contributed by atoms with van der Waals surface area (Å²) in [5.41, 5.74) is -0.640. The number of amides is 1. The molecular formula is C23H35NO5Si. The Bertz CT molecular complexity index is 802. The molecule has 0 spiro atoms.